The van der Waals surface area contributed by atoms with Crippen LogP contribution in [0.5, 0.6) is 0 Å². The number of nitrogens with zero attached hydrogens (tertiary/aromatic N) is 2. The number of hydrogen-bond donors (Lipinski definition) is 2. The third kappa shape index (κ3) is 3.15. The summed E-state index contributed by atoms with van der Waals surface area (Å²) in [5, 5.41) is 12.8. The lowest BCUT2D eigenvalue weighted by Crippen LogP contribution is -2.59. The highest BCUT2D eigenvalue weighted by atomic mass is 16.3. The van der Waals surface area contributed by atoms with Gasteiger partial charge < -0.3 is 20.2 Å². The van der Waals surface area contributed by atoms with Crippen molar-refractivity contribution in [2.45, 2.75) is 50.6 Å². The molecule has 2 saturated heterocycles. The van der Waals surface area contributed by atoms with Gasteiger partial charge in [0.05, 0.1) is 12.1 Å². The average Bonchev–Trinajstić information content (AvgIpc) is 2.95. The highest BCUT2D eigenvalue weighted by Crippen LogP contribution is 2.28. The molecular weight excluding hydrogens is 254 g/mol. The minimum absolute atomic E-state index is 0.0534. The predicted molar refractivity (Wildman–Crippen MR) is 79.6 cm³/mol. The van der Waals surface area contributed by atoms with E-state index in [4.69, 9.17) is 0 Å². The van der Waals surface area contributed by atoms with Gasteiger partial charge in [0.1, 0.15) is 0 Å². The first kappa shape index (κ1) is 15.7. The number of carbonyl (C=O) groups excluding carboxylic acids is 1. The SMILES string of the molecule is CCC1(C(=O)N(CCO)C2CCN(C)CC2)CCCN1. The van der Waals surface area contributed by atoms with E-state index in [9.17, 15) is 9.90 Å². The molecule has 0 aromatic carbocycles. The minimum Gasteiger partial charge on any atom is -0.395 e. The van der Waals surface area contributed by atoms with Crippen molar-refractivity contribution in [2.75, 3.05) is 39.8 Å². The Bertz CT molecular complexity index is 321. The van der Waals surface area contributed by atoms with E-state index < -0.39 is 0 Å². The normalized spacial score (nSPS) is 28.8. The Morgan fingerprint density at radius 1 is 1.45 bits per heavy atom. The standard InChI is InChI=1S/C15H29N3O2/c1-3-15(7-4-8-16-15)14(20)18(11-12-19)13-5-9-17(2)10-6-13/h13,16,19H,3-12H2,1-2H3. The van der Waals surface area contributed by atoms with E-state index in [2.05, 4.69) is 24.2 Å². The molecule has 116 valence electrons. The van der Waals surface area contributed by atoms with E-state index in [0.29, 0.717) is 6.54 Å². The van der Waals surface area contributed by atoms with Crippen LogP contribution in [0.25, 0.3) is 0 Å². The molecule has 5 heteroatoms. The summed E-state index contributed by atoms with van der Waals surface area (Å²) in [6, 6.07) is 0.289. The third-order valence-corrected chi connectivity index (χ3v) is 4.99. The monoisotopic (exact) mass is 283 g/mol. The number of amides is 1. The summed E-state index contributed by atoms with van der Waals surface area (Å²) in [7, 11) is 2.13. The Kier molecular flexibility index (Phi) is 5.41. The number of carbonyl (C=O) groups is 1. The lowest BCUT2D eigenvalue weighted by Gasteiger charge is -2.41. The fraction of sp³-hybridized carbons (Fsp3) is 0.933. The van der Waals surface area contributed by atoms with Crippen molar-refractivity contribution >= 4 is 5.91 Å². The Morgan fingerprint density at radius 3 is 2.65 bits per heavy atom. The van der Waals surface area contributed by atoms with E-state index in [1.54, 1.807) is 0 Å². The Labute approximate surface area is 122 Å². The topological polar surface area (TPSA) is 55.8 Å². The Hall–Kier alpha value is -0.650. The van der Waals surface area contributed by atoms with Gasteiger partial charge in [0.25, 0.3) is 0 Å². The molecule has 2 rings (SSSR count). The molecule has 2 aliphatic heterocycles. The second kappa shape index (κ2) is 6.87. The molecule has 20 heavy (non-hydrogen) atoms. The lowest BCUT2D eigenvalue weighted by molar-refractivity contribution is -0.142. The van der Waals surface area contributed by atoms with Gasteiger partial charge in [-0.3, -0.25) is 4.79 Å². The van der Waals surface area contributed by atoms with Gasteiger partial charge in [-0.15, -0.1) is 0 Å². The maximum absolute atomic E-state index is 13.0. The van der Waals surface area contributed by atoms with E-state index in [-0.39, 0.29) is 24.1 Å². The van der Waals surface area contributed by atoms with Crippen molar-refractivity contribution in [1.29, 1.82) is 0 Å². The van der Waals surface area contributed by atoms with Crippen LogP contribution in [0.3, 0.4) is 0 Å². The molecule has 0 spiro atoms. The molecule has 5 nitrogen and oxygen atoms in total. The summed E-state index contributed by atoms with van der Waals surface area (Å²) in [5.74, 6) is 0.209. The first-order chi connectivity index (χ1) is 9.63. The number of aliphatic hydroxyl groups excluding tert-OH is 1. The summed E-state index contributed by atoms with van der Waals surface area (Å²) in [4.78, 5) is 17.3. The third-order valence-electron chi connectivity index (χ3n) is 4.99. The summed E-state index contributed by atoms with van der Waals surface area (Å²) in [6.45, 7) is 5.61. The number of rotatable bonds is 5. The van der Waals surface area contributed by atoms with E-state index >= 15 is 0 Å². The van der Waals surface area contributed by atoms with Crippen molar-refractivity contribution in [1.82, 2.24) is 15.1 Å². The van der Waals surface area contributed by atoms with Crippen molar-refractivity contribution < 1.29 is 9.90 Å². The second-order valence-corrected chi connectivity index (χ2v) is 6.22. The van der Waals surface area contributed by atoms with Crippen LogP contribution in [-0.4, -0.2) is 72.2 Å². The van der Waals surface area contributed by atoms with Gasteiger partial charge in [-0.05, 0) is 58.8 Å². The molecule has 2 aliphatic rings. The number of aliphatic hydroxyl groups is 1. The summed E-state index contributed by atoms with van der Waals surface area (Å²) >= 11 is 0. The zero-order valence-corrected chi connectivity index (χ0v) is 12.9. The first-order valence-electron chi connectivity index (χ1n) is 7.98. The van der Waals surface area contributed by atoms with Crippen LogP contribution in [0.2, 0.25) is 0 Å². The smallest absolute Gasteiger partial charge is 0.243 e. The van der Waals surface area contributed by atoms with E-state index in [0.717, 1.165) is 51.7 Å². The van der Waals surface area contributed by atoms with Crippen LogP contribution in [0, 0.1) is 0 Å². The van der Waals surface area contributed by atoms with E-state index in [1.807, 2.05) is 4.90 Å². The summed E-state index contributed by atoms with van der Waals surface area (Å²) in [5.41, 5.74) is -0.376. The summed E-state index contributed by atoms with van der Waals surface area (Å²) in [6.07, 6.45) is 4.86. The van der Waals surface area contributed by atoms with Gasteiger partial charge in [0.2, 0.25) is 5.91 Å². The molecule has 0 aromatic heterocycles. The average molecular weight is 283 g/mol. The molecule has 0 saturated carbocycles. The molecule has 1 amide bonds. The van der Waals surface area contributed by atoms with Crippen molar-refractivity contribution in [2.24, 2.45) is 0 Å². The van der Waals surface area contributed by atoms with Crippen LogP contribution in [0.4, 0.5) is 0 Å². The van der Waals surface area contributed by atoms with Crippen LogP contribution in [-0.2, 0) is 4.79 Å². The van der Waals surface area contributed by atoms with Gasteiger partial charge in [-0.25, -0.2) is 0 Å². The maximum atomic E-state index is 13.0. The zero-order valence-electron chi connectivity index (χ0n) is 12.9. The highest BCUT2D eigenvalue weighted by Gasteiger charge is 2.43. The van der Waals surface area contributed by atoms with Gasteiger partial charge >= 0.3 is 0 Å². The van der Waals surface area contributed by atoms with Gasteiger partial charge in [-0.1, -0.05) is 6.92 Å². The van der Waals surface area contributed by atoms with Gasteiger partial charge in [-0.2, -0.15) is 0 Å². The van der Waals surface area contributed by atoms with E-state index in [1.165, 1.54) is 0 Å². The van der Waals surface area contributed by atoms with Crippen LogP contribution >= 0.6 is 0 Å². The van der Waals surface area contributed by atoms with Crippen molar-refractivity contribution in [3.63, 3.8) is 0 Å². The molecule has 2 N–H and O–H groups in total. The fourth-order valence-electron chi connectivity index (χ4n) is 3.58. The lowest BCUT2D eigenvalue weighted by atomic mass is 9.90. The number of nitrogens with one attached hydrogen (secondary N) is 1. The van der Waals surface area contributed by atoms with Crippen LogP contribution in [0.15, 0.2) is 0 Å². The number of hydrogen-bond acceptors (Lipinski definition) is 4. The first-order valence-corrected chi connectivity index (χ1v) is 7.98. The molecule has 2 heterocycles. The molecule has 2 fully saturated rings. The fourth-order valence-corrected chi connectivity index (χ4v) is 3.58. The molecule has 0 bridgehead atoms. The summed E-state index contributed by atoms with van der Waals surface area (Å²) < 4.78 is 0. The molecular formula is C15H29N3O2. The number of piperidine rings is 1. The molecule has 1 unspecified atom stereocenters. The van der Waals surface area contributed by atoms with Gasteiger partial charge in [0, 0.05) is 12.6 Å². The predicted octanol–water partition coefficient (Wildman–Crippen LogP) is 0.434. The molecule has 1 atom stereocenters. The number of likely N-dealkylation sites (tertiary alicyclic amines) is 1. The van der Waals surface area contributed by atoms with Crippen LogP contribution in [0.1, 0.15) is 39.0 Å². The minimum atomic E-state index is -0.376. The highest BCUT2D eigenvalue weighted by molar-refractivity contribution is 5.87. The van der Waals surface area contributed by atoms with Crippen LogP contribution < -0.4 is 5.32 Å². The van der Waals surface area contributed by atoms with Gasteiger partial charge in [0.15, 0.2) is 0 Å². The zero-order chi connectivity index (χ0) is 14.6. The quantitative estimate of drug-likeness (QED) is 0.768. The van der Waals surface area contributed by atoms with Crippen molar-refractivity contribution in [3.8, 4) is 0 Å². The molecule has 0 aromatic rings. The molecule has 0 aliphatic carbocycles. The largest absolute Gasteiger partial charge is 0.395 e. The van der Waals surface area contributed by atoms with Crippen molar-refractivity contribution in [3.05, 3.63) is 0 Å². The molecule has 0 radical (unpaired) electrons. The second-order valence-electron chi connectivity index (χ2n) is 6.22. The Morgan fingerprint density at radius 2 is 2.15 bits per heavy atom. The maximum Gasteiger partial charge on any atom is 0.243 e. The Balaban J connectivity index is 2.09.